The lowest BCUT2D eigenvalue weighted by Gasteiger charge is -2.38. The van der Waals surface area contributed by atoms with Crippen molar-refractivity contribution >= 4 is 16.3 Å². The minimum absolute atomic E-state index is 0.121. The van der Waals surface area contributed by atoms with Gasteiger partial charge >= 0.3 is 5.00 Å². The summed E-state index contributed by atoms with van der Waals surface area (Å²) in [7, 11) is 0. The van der Waals surface area contributed by atoms with Crippen LogP contribution in [-0.4, -0.2) is 23.6 Å². The highest BCUT2D eigenvalue weighted by Crippen LogP contribution is 2.33. The molecule has 1 aliphatic heterocycles. The van der Waals surface area contributed by atoms with Gasteiger partial charge in [0.1, 0.15) is 5.60 Å². The van der Waals surface area contributed by atoms with Gasteiger partial charge in [0, 0.05) is 19.2 Å². The van der Waals surface area contributed by atoms with E-state index in [2.05, 4.69) is 5.32 Å². The Balaban J connectivity index is 2.06. The number of hydrogen-bond acceptors (Lipinski definition) is 5. The average molecular weight is 214 g/mol. The molecule has 0 aliphatic carbocycles. The summed E-state index contributed by atoms with van der Waals surface area (Å²) in [6, 6.07) is 3.11. The average Bonchev–Trinajstić information content (AvgIpc) is 2.50. The summed E-state index contributed by atoms with van der Waals surface area (Å²) in [6.07, 6.45) is 0. The number of nitrogens with one attached hydrogen (secondary N) is 1. The topological polar surface area (TPSA) is 64.4 Å². The van der Waals surface area contributed by atoms with Gasteiger partial charge in [0.15, 0.2) is 5.06 Å². The third-order valence-electron chi connectivity index (χ3n) is 2.09. The molecule has 0 bridgehead atoms. The number of nitrogens with zero attached hydrogens (tertiary/aromatic N) is 1. The zero-order valence-corrected chi connectivity index (χ0v) is 8.47. The van der Waals surface area contributed by atoms with Crippen LogP contribution in [0.1, 0.15) is 6.92 Å². The molecule has 1 aliphatic rings. The van der Waals surface area contributed by atoms with E-state index >= 15 is 0 Å². The fraction of sp³-hybridized carbons (Fsp3) is 0.500. The molecule has 0 unspecified atom stereocenters. The number of hydrogen-bond donors (Lipinski definition) is 1. The Morgan fingerprint density at radius 3 is 2.79 bits per heavy atom. The Morgan fingerprint density at radius 1 is 1.64 bits per heavy atom. The van der Waals surface area contributed by atoms with Crippen LogP contribution in [0.3, 0.4) is 0 Å². The van der Waals surface area contributed by atoms with Crippen LogP contribution >= 0.6 is 11.3 Å². The van der Waals surface area contributed by atoms with E-state index < -0.39 is 4.92 Å². The monoisotopic (exact) mass is 214 g/mol. The molecule has 0 spiro atoms. The summed E-state index contributed by atoms with van der Waals surface area (Å²) in [5.74, 6) is 0. The molecule has 0 saturated carbocycles. The van der Waals surface area contributed by atoms with Crippen LogP contribution < -0.4 is 10.1 Å². The van der Waals surface area contributed by atoms with Crippen LogP contribution in [0.5, 0.6) is 5.06 Å². The number of thiophene rings is 1. The standard InChI is InChI=1S/C8H10N2O3S/c1-8(4-9-5-8)13-7-3-2-6(14-7)10(11)12/h2-3,9H,4-5H2,1H3. The van der Waals surface area contributed by atoms with E-state index in [1.165, 1.54) is 6.07 Å². The molecule has 1 saturated heterocycles. The second-order valence-electron chi connectivity index (χ2n) is 3.51. The second kappa shape index (κ2) is 3.21. The summed E-state index contributed by atoms with van der Waals surface area (Å²) in [5, 5.41) is 14.2. The van der Waals surface area contributed by atoms with E-state index in [1.54, 1.807) is 6.07 Å². The maximum absolute atomic E-state index is 10.4. The molecule has 1 fully saturated rings. The SMILES string of the molecule is CC1(Oc2ccc([N+](=O)[O-])s2)CNC1. The maximum atomic E-state index is 10.4. The van der Waals surface area contributed by atoms with E-state index in [0.717, 1.165) is 24.4 Å². The first-order chi connectivity index (χ1) is 6.59. The van der Waals surface area contributed by atoms with Crippen LogP contribution in [0, 0.1) is 10.1 Å². The fourth-order valence-corrected chi connectivity index (χ4v) is 2.05. The lowest BCUT2D eigenvalue weighted by molar-refractivity contribution is -0.380. The Hall–Kier alpha value is -1.14. The molecule has 0 amide bonds. The molecule has 1 N–H and O–H groups in total. The van der Waals surface area contributed by atoms with Crippen molar-refractivity contribution in [3.05, 3.63) is 22.2 Å². The quantitative estimate of drug-likeness (QED) is 0.610. The Bertz CT molecular complexity index is 359. The molecule has 2 heterocycles. The van der Waals surface area contributed by atoms with Gasteiger partial charge in [-0.1, -0.05) is 0 Å². The van der Waals surface area contributed by atoms with Gasteiger partial charge in [-0.15, -0.1) is 0 Å². The summed E-state index contributed by atoms with van der Waals surface area (Å²) in [6.45, 7) is 3.56. The third-order valence-corrected chi connectivity index (χ3v) is 3.01. The largest absolute Gasteiger partial charge is 0.475 e. The van der Waals surface area contributed by atoms with Gasteiger partial charge < -0.3 is 10.1 Å². The van der Waals surface area contributed by atoms with Crippen LogP contribution in [0.15, 0.2) is 12.1 Å². The van der Waals surface area contributed by atoms with Gasteiger partial charge in [-0.05, 0) is 24.3 Å². The highest BCUT2D eigenvalue weighted by molar-refractivity contribution is 7.17. The molecule has 0 aromatic carbocycles. The molecule has 76 valence electrons. The zero-order chi connectivity index (χ0) is 10.2. The first-order valence-corrected chi connectivity index (χ1v) is 5.05. The van der Waals surface area contributed by atoms with Crippen molar-refractivity contribution in [2.45, 2.75) is 12.5 Å². The predicted octanol–water partition coefficient (Wildman–Crippen LogP) is 1.40. The summed E-state index contributed by atoms with van der Waals surface area (Å²) in [4.78, 5) is 10.0. The van der Waals surface area contributed by atoms with Crippen molar-refractivity contribution in [3.8, 4) is 5.06 Å². The molecule has 6 heteroatoms. The number of rotatable bonds is 3. The number of ether oxygens (including phenoxy) is 1. The number of nitro groups is 1. The summed E-state index contributed by atoms with van der Waals surface area (Å²) in [5.41, 5.74) is -0.196. The fourth-order valence-electron chi connectivity index (χ4n) is 1.26. The van der Waals surface area contributed by atoms with Crippen molar-refractivity contribution < 1.29 is 9.66 Å². The minimum Gasteiger partial charge on any atom is -0.475 e. The molecule has 5 nitrogen and oxygen atoms in total. The Kier molecular flexibility index (Phi) is 2.16. The smallest absolute Gasteiger partial charge is 0.327 e. The van der Waals surface area contributed by atoms with Gasteiger partial charge in [0.25, 0.3) is 0 Å². The molecular weight excluding hydrogens is 204 g/mol. The molecule has 0 atom stereocenters. The van der Waals surface area contributed by atoms with Crippen LogP contribution in [0.2, 0.25) is 0 Å². The normalized spacial score (nSPS) is 18.6. The van der Waals surface area contributed by atoms with Crippen molar-refractivity contribution in [2.75, 3.05) is 13.1 Å². The second-order valence-corrected chi connectivity index (χ2v) is 4.53. The maximum Gasteiger partial charge on any atom is 0.327 e. The predicted molar refractivity (Wildman–Crippen MR) is 52.9 cm³/mol. The van der Waals surface area contributed by atoms with Gasteiger partial charge in [-0.2, -0.15) is 0 Å². The molecule has 1 aromatic rings. The minimum atomic E-state index is -0.404. The lowest BCUT2D eigenvalue weighted by Crippen LogP contribution is -2.60. The molecule has 1 aromatic heterocycles. The van der Waals surface area contributed by atoms with Crippen molar-refractivity contribution in [2.24, 2.45) is 0 Å². The van der Waals surface area contributed by atoms with E-state index in [4.69, 9.17) is 4.74 Å². The van der Waals surface area contributed by atoms with Gasteiger partial charge in [0.2, 0.25) is 0 Å². The van der Waals surface area contributed by atoms with Gasteiger partial charge in [-0.3, -0.25) is 10.1 Å². The van der Waals surface area contributed by atoms with Gasteiger partial charge in [0.05, 0.1) is 4.92 Å². The zero-order valence-electron chi connectivity index (χ0n) is 7.65. The van der Waals surface area contributed by atoms with Gasteiger partial charge in [-0.25, -0.2) is 0 Å². The highest BCUT2D eigenvalue weighted by atomic mass is 32.1. The molecular formula is C8H10N2O3S. The van der Waals surface area contributed by atoms with Crippen molar-refractivity contribution in [3.63, 3.8) is 0 Å². The summed E-state index contributed by atoms with van der Waals surface area (Å²) >= 11 is 1.07. The van der Waals surface area contributed by atoms with Crippen LogP contribution in [0.4, 0.5) is 5.00 Å². The third kappa shape index (κ3) is 1.71. The first-order valence-electron chi connectivity index (χ1n) is 4.23. The van der Waals surface area contributed by atoms with E-state index in [-0.39, 0.29) is 10.6 Å². The lowest BCUT2D eigenvalue weighted by atomic mass is 10.0. The van der Waals surface area contributed by atoms with Crippen LogP contribution in [0.25, 0.3) is 0 Å². The highest BCUT2D eigenvalue weighted by Gasteiger charge is 2.34. The van der Waals surface area contributed by atoms with Crippen LogP contribution in [-0.2, 0) is 0 Å². The Labute approximate surface area is 84.8 Å². The molecule has 2 rings (SSSR count). The first kappa shape index (κ1) is 9.42. The van der Waals surface area contributed by atoms with E-state index in [1.807, 2.05) is 6.92 Å². The van der Waals surface area contributed by atoms with Crippen molar-refractivity contribution in [1.82, 2.24) is 5.32 Å². The van der Waals surface area contributed by atoms with Crippen molar-refractivity contribution in [1.29, 1.82) is 0 Å². The molecule has 0 radical (unpaired) electrons. The Morgan fingerprint density at radius 2 is 2.36 bits per heavy atom. The molecule has 14 heavy (non-hydrogen) atoms. The summed E-state index contributed by atoms with van der Waals surface area (Å²) < 4.78 is 5.62. The van der Waals surface area contributed by atoms with E-state index in [9.17, 15) is 10.1 Å². The van der Waals surface area contributed by atoms with E-state index in [0.29, 0.717) is 5.06 Å².